The Morgan fingerprint density at radius 2 is 2.14 bits per heavy atom. The largest absolute Gasteiger partial charge is 0.379 e. The van der Waals surface area contributed by atoms with Crippen molar-refractivity contribution in [1.82, 2.24) is 0 Å². The number of carbonyl (C=O) groups is 1. The quantitative estimate of drug-likeness (QED) is 0.696. The molecule has 1 atom stereocenters. The summed E-state index contributed by atoms with van der Waals surface area (Å²) in [6.07, 6.45) is 0.728. The van der Waals surface area contributed by atoms with Crippen LogP contribution < -0.4 is 0 Å². The highest BCUT2D eigenvalue weighted by Gasteiger charge is 2.43. The molecule has 0 N–H and O–H groups in total. The summed E-state index contributed by atoms with van der Waals surface area (Å²) in [4.78, 5) is 11.8. The number of ether oxygens (including phenoxy) is 2. The molecule has 0 aromatic carbocycles. The van der Waals surface area contributed by atoms with E-state index in [-0.39, 0.29) is 17.3 Å². The van der Waals surface area contributed by atoms with Gasteiger partial charge in [0.25, 0.3) is 0 Å². The van der Waals surface area contributed by atoms with Gasteiger partial charge in [-0.2, -0.15) is 0 Å². The molecule has 0 radical (unpaired) electrons. The second-order valence-corrected chi connectivity index (χ2v) is 5.05. The second kappa shape index (κ2) is 3.63. The van der Waals surface area contributed by atoms with Gasteiger partial charge in [0.2, 0.25) is 0 Å². The van der Waals surface area contributed by atoms with Gasteiger partial charge in [0.1, 0.15) is 5.60 Å². The Morgan fingerprint density at radius 1 is 1.57 bits per heavy atom. The van der Waals surface area contributed by atoms with E-state index in [9.17, 15) is 4.79 Å². The molecule has 3 heteroatoms. The van der Waals surface area contributed by atoms with Crippen LogP contribution in [-0.2, 0) is 14.3 Å². The van der Waals surface area contributed by atoms with Gasteiger partial charge in [-0.05, 0) is 34.1 Å². The molecule has 1 unspecified atom stereocenters. The van der Waals surface area contributed by atoms with Crippen LogP contribution in [0.3, 0.4) is 0 Å². The zero-order valence-electron chi connectivity index (χ0n) is 9.72. The highest BCUT2D eigenvalue weighted by atomic mass is 16.5. The summed E-state index contributed by atoms with van der Waals surface area (Å²) in [5.74, 6) is 0.183. The van der Waals surface area contributed by atoms with E-state index in [1.54, 1.807) is 7.11 Å². The van der Waals surface area contributed by atoms with Crippen molar-refractivity contribution in [3.63, 3.8) is 0 Å². The van der Waals surface area contributed by atoms with Gasteiger partial charge in [-0.3, -0.25) is 4.79 Å². The number of methoxy groups -OCH3 is 1. The second-order valence-electron chi connectivity index (χ2n) is 5.05. The SMILES string of the molecule is COC(C)(C)CC1COC(C)(C)C1=O. The Hall–Kier alpha value is -0.410. The standard InChI is InChI=1S/C11H20O3/c1-10(2,13-5)6-8-7-14-11(3,4)9(8)12/h8H,6-7H2,1-5H3. The van der Waals surface area contributed by atoms with Crippen LogP contribution in [0.4, 0.5) is 0 Å². The molecule has 1 aliphatic heterocycles. The summed E-state index contributed by atoms with van der Waals surface area (Å²) in [7, 11) is 1.67. The van der Waals surface area contributed by atoms with Gasteiger partial charge in [0, 0.05) is 13.0 Å². The number of rotatable bonds is 3. The van der Waals surface area contributed by atoms with Crippen LogP contribution in [0.15, 0.2) is 0 Å². The minimum atomic E-state index is -0.603. The Kier molecular flexibility index (Phi) is 3.02. The van der Waals surface area contributed by atoms with Crippen molar-refractivity contribution in [1.29, 1.82) is 0 Å². The van der Waals surface area contributed by atoms with E-state index in [0.717, 1.165) is 6.42 Å². The molecule has 0 amide bonds. The average molecular weight is 200 g/mol. The number of Topliss-reactive ketones (excluding diaryl/α,β-unsaturated/α-hetero) is 1. The molecular formula is C11H20O3. The monoisotopic (exact) mass is 200 g/mol. The molecule has 1 heterocycles. The third kappa shape index (κ3) is 2.34. The molecule has 3 nitrogen and oxygen atoms in total. The molecule has 1 aliphatic rings. The lowest BCUT2D eigenvalue weighted by atomic mass is 9.87. The first-order chi connectivity index (χ1) is 6.28. The van der Waals surface area contributed by atoms with E-state index in [1.807, 2.05) is 27.7 Å². The smallest absolute Gasteiger partial charge is 0.169 e. The summed E-state index contributed by atoms with van der Waals surface area (Å²) in [5, 5.41) is 0. The van der Waals surface area contributed by atoms with Gasteiger partial charge < -0.3 is 9.47 Å². The van der Waals surface area contributed by atoms with Crippen molar-refractivity contribution < 1.29 is 14.3 Å². The van der Waals surface area contributed by atoms with Gasteiger partial charge >= 0.3 is 0 Å². The van der Waals surface area contributed by atoms with Gasteiger partial charge in [0.15, 0.2) is 5.78 Å². The molecule has 0 aliphatic carbocycles. The highest BCUT2D eigenvalue weighted by molar-refractivity contribution is 5.90. The van der Waals surface area contributed by atoms with E-state index in [0.29, 0.717) is 6.61 Å². The van der Waals surface area contributed by atoms with Crippen molar-refractivity contribution in [3.8, 4) is 0 Å². The van der Waals surface area contributed by atoms with Crippen molar-refractivity contribution in [2.45, 2.75) is 45.3 Å². The Balaban J connectivity index is 2.62. The molecule has 0 saturated carbocycles. The molecule has 1 saturated heterocycles. The molecule has 0 aromatic heterocycles. The lowest BCUT2D eigenvalue weighted by molar-refractivity contribution is -0.131. The molecule has 0 spiro atoms. The zero-order valence-corrected chi connectivity index (χ0v) is 9.72. The van der Waals surface area contributed by atoms with Gasteiger partial charge in [-0.15, -0.1) is 0 Å². The predicted octanol–water partition coefficient (Wildman–Crippen LogP) is 1.80. The normalized spacial score (nSPS) is 26.9. The number of hydrogen-bond acceptors (Lipinski definition) is 3. The average Bonchev–Trinajstić information content (AvgIpc) is 2.32. The maximum Gasteiger partial charge on any atom is 0.169 e. The van der Waals surface area contributed by atoms with Crippen LogP contribution in [0.5, 0.6) is 0 Å². The van der Waals surface area contributed by atoms with E-state index in [4.69, 9.17) is 9.47 Å². The fourth-order valence-corrected chi connectivity index (χ4v) is 1.78. The summed E-state index contributed by atoms with van der Waals surface area (Å²) in [5.41, 5.74) is -0.849. The number of hydrogen-bond donors (Lipinski definition) is 0. The fraction of sp³-hybridized carbons (Fsp3) is 0.909. The third-order valence-electron chi connectivity index (χ3n) is 2.90. The van der Waals surface area contributed by atoms with Crippen molar-refractivity contribution >= 4 is 5.78 Å². The minimum absolute atomic E-state index is 0.0139. The molecular weight excluding hydrogens is 180 g/mol. The van der Waals surface area contributed by atoms with E-state index >= 15 is 0 Å². The summed E-state index contributed by atoms with van der Waals surface area (Å²) < 4.78 is 10.8. The molecule has 82 valence electrons. The van der Waals surface area contributed by atoms with Crippen LogP contribution in [-0.4, -0.2) is 30.7 Å². The van der Waals surface area contributed by atoms with Crippen LogP contribution in [0.25, 0.3) is 0 Å². The van der Waals surface area contributed by atoms with Crippen molar-refractivity contribution in [3.05, 3.63) is 0 Å². The van der Waals surface area contributed by atoms with E-state index < -0.39 is 5.60 Å². The topological polar surface area (TPSA) is 35.5 Å². The molecule has 14 heavy (non-hydrogen) atoms. The third-order valence-corrected chi connectivity index (χ3v) is 2.90. The van der Waals surface area contributed by atoms with Gasteiger partial charge in [-0.25, -0.2) is 0 Å². The van der Waals surface area contributed by atoms with Crippen molar-refractivity contribution in [2.75, 3.05) is 13.7 Å². The first-order valence-electron chi connectivity index (χ1n) is 5.02. The van der Waals surface area contributed by atoms with Crippen LogP contribution in [0.1, 0.15) is 34.1 Å². The number of carbonyl (C=O) groups excluding carboxylic acids is 1. The Bertz CT molecular complexity index is 231. The summed E-state index contributed by atoms with van der Waals surface area (Å²) >= 11 is 0. The first-order valence-corrected chi connectivity index (χ1v) is 5.02. The zero-order chi connectivity index (χ0) is 11.0. The van der Waals surface area contributed by atoms with Crippen molar-refractivity contribution in [2.24, 2.45) is 5.92 Å². The Morgan fingerprint density at radius 3 is 2.50 bits per heavy atom. The molecule has 1 fully saturated rings. The van der Waals surface area contributed by atoms with Crippen LogP contribution in [0.2, 0.25) is 0 Å². The minimum Gasteiger partial charge on any atom is -0.379 e. The lowest BCUT2D eigenvalue weighted by Crippen LogP contribution is -2.34. The summed E-state index contributed by atoms with van der Waals surface area (Å²) in [6.45, 7) is 8.17. The summed E-state index contributed by atoms with van der Waals surface area (Å²) in [6, 6.07) is 0. The van der Waals surface area contributed by atoms with Gasteiger partial charge in [0.05, 0.1) is 12.2 Å². The maximum absolute atomic E-state index is 11.8. The molecule has 1 rings (SSSR count). The fourth-order valence-electron chi connectivity index (χ4n) is 1.78. The van der Waals surface area contributed by atoms with E-state index in [1.165, 1.54) is 0 Å². The first kappa shape index (κ1) is 11.7. The predicted molar refractivity (Wildman–Crippen MR) is 54.2 cm³/mol. The highest BCUT2D eigenvalue weighted by Crippen LogP contribution is 2.31. The molecule has 0 aromatic rings. The Labute approximate surface area is 85.8 Å². The van der Waals surface area contributed by atoms with Gasteiger partial charge in [-0.1, -0.05) is 0 Å². The number of ketones is 1. The maximum atomic E-state index is 11.8. The molecule has 0 bridgehead atoms. The lowest BCUT2D eigenvalue weighted by Gasteiger charge is -2.25. The van der Waals surface area contributed by atoms with Crippen LogP contribution >= 0.6 is 0 Å². The van der Waals surface area contributed by atoms with Crippen LogP contribution in [0, 0.1) is 5.92 Å². The van der Waals surface area contributed by atoms with E-state index in [2.05, 4.69) is 0 Å².